The number of ether oxygens (including phenoxy) is 1. The first-order valence-corrected chi connectivity index (χ1v) is 6.61. The third kappa shape index (κ3) is 3.22. The third-order valence-electron chi connectivity index (χ3n) is 3.57. The molecule has 0 aromatic carbocycles. The van der Waals surface area contributed by atoms with Gasteiger partial charge in [0.1, 0.15) is 5.54 Å². The average molecular weight is 257 g/mol. The average Bonchev–Trinajstić information content (AvgIpc) is 2.76. The molecule has 1 aliphatic rings. The van der Waals surface area contributed by atoms with E-state index in [1.807, 2.05) is 13.8 Å². The largest absolute Gasteiger partial charge is 0.480 e. The Morgan fingerprint density at radius 1 is 1.44 bits per heavy atom. The highest BCUT2D eigenvalue weighted by molar-refractivity contribution is 5.88. The molecule has 104 valence electrons. The van der Waals surface area contributed by atoms with Crippen LogP contribution in [0.4, 0.5) is 0 Å². The van der Waals surface area contributed by atoms with E-state index in [0.717, 1.165) is 6.42 Å². The van der Waals surface area contributed by atoms with Crippen LogP contribution in [0.15, 0.2) is 0 Å². The molecule has 5 nitrogen and oxygen atoms in total. The summed E-state index contributed by atoms with van der Waals surface area (Å²) in [6, 6.07) is 0. The molecule has 1 heterocycles. The molecular weight excluding hydrogens is 234 g/mol. The van der Waals surface area contributed by atoms with Crippen LogP contribution in [0.1, 0.15) is 46.5 Å². The predicted octanol–water partition coefficient (Wildman–Crippen LogP) is 1.56. The molecule has 0 aromatic rings. The minimum absolute atomic E-state index is 0.0790. The maximum Gasteiger partial charge on any atom is 0.329 e. The lowest BCUT2D eigenvalue weighted by molar-refractivity contribution is -0.148. The number of carboxylic acids is 1. The SMILES string of the molecule is CCCC(C)(NC(=O)C1CCOC1CC)C(=O)O. The van der Waals surface area contributed by atoms with E-state index in [4.69, 9.17) is 4.74 Å². The zero-order valence-corrected chi connectivity index (χ0v) is 11.4. The smallest absolute Gasteiger partial charge is 0.329 e. The van der Waals surface area contributed by atoms with Gasteiger partial charge >= 0.3 is 5.97 Å². The molecule has 3 atom stereocenters. The Morgan fingerprint density at radius 2 is 2.11 bits per heavy atom. The summed E-state index contributed by atoms with van der Waals surface area (Å²) in [6.07, 6.45) is 2.51. The lowest BCUT2D eigenvalue weighted by Gasteiger charge is -2.28. The monoisotopic (exact) mass is 257 g/mol. The van der Waals surface area contributed by atoms with Gasteiger partial charge in [0.25, 0.3) is 0 Å². The van der Waals surface area contributed by atoms with Crippen LogP contribution in [0.5, 0.6) is 0 Å². The summed E-state index contributed by atoms with van der Waals surface area (Å²) in [6.45, 7) is 6.02. The Hall–Kier alpha value is -1.10. The maximum atomic E-state index is 12.2. The normalized spacial score (nSPS) is 26.6. The molecule has 1 fully saturated rings. The Morgan fingerprint density at radius 3 is 2.61 bits per heavy atom. The van der Waals surface area contributed by atoms with Crippen molar-refractivity contribution in [2.75, 3.05) is 6.61 Å². The molecule has 1 saturated heterocycles. The highest BCUT2D eigenvalue weighted by Crippen LogP contribution is 2.25. The van der Waals surface area contributed by atoms with Gasteiger partial charge in [-0.2, -0.15) is 0 Å². The van der Waals surface area contributed by atoms with E-state index in [0.29, 0.717) is 25.9 Å². The first-order chi connectivity index (χ1) is 8.44. The van der Waals surface area contributed by atoms with Gasteiger partial charge in [0.05, 0.1) is 12.0 Å². The number of carbonyl (C=O) groups is 2. The second-order valence-corrected chi connectivity index (χ2v) is 5.09. The van der Waals surface area contributed by atoms with Crippen molar-refractivity contribution in [3.05, 3.63) is 0 Å². The Bertz CT molecular complexity index is 318. The lowest BCUT2D eigenvalue weighted by atomic mass is 9.92. The lowest BCUT2D eigenvalue weighted by Crippen LogP contribution is -2.54. The minimum atomic E-state index is -1.17. The first-order valence-electron chi connectivity index (χ1n) is 6.61. The topological polar surface area (TPSA) is 75.6 Å². The van der Waals surface area contributed by atoms with Crippen LogP contribution in [-0.2, 0) is 14.3 Å². The van der Waals surface area contributed by atoms with Gasteiger partial charge in [0, 0.05) is 6.61 Å². The van der Waals surface area contributed by atoms with Crippen molar-refractivity contribution in [2.24, 2.45) is 5.92 Å². The Balaban J connectivity index is 2.69. The Labute approximate surface area is 108 Å². The van der Waals surface area contributed by atoms with Crippen molar-refractivity contribution in [1.82, 2.24) is 5.32 Å². The molecular formula is C13H23NO4. The van der Waals surface area contributed by atoms with Gasteiger partial charge in [0.2, 0.25) is 5.91 Å². The predicted molar refractivity (Wildman–Crippen MR) is 67.2 cm³/mol. The van der Waals surface area contributed by atoms with Crippen molar-refractivity contribution < 1.29 is 19.4 Å². The van der Waals surface area contributed by atoms with Crippen LogP contribution in [0.2, 0.25) is 0 Å². The quantitative estimate of drug-likeness (QED) is 0.757. The van der Waals surface area contributed by atoms with Gasteiger partial charge in [-0.1, -0.05) is 20.3 Å². The van der Waals surface area contributed by atoms with Crippen LogP contribution < -0.4 is 5.32 Å². The second-order valence-electron chi connectivity index (χ2n) is 5.09. The van der Waals surface area contributed by atoms with E-state index in [1.165, 1.54) is 0 Å². The summed E-state index contributed by atoms with van der Waals surface area (Å²) in [5.74, 6) is -1.40. The van der Waals surface area contributed by atoms with E-state index in [-0.39, 0.29) is 17.9 Å². The molecule has 18 heavy (non-hydrogen) atoms. The highest BCUT2D eigenvalue weighted by atomic mass is 16.5. The van der Waals surface area contributed by atoms with Crippen molar-refractivity contribution in [1.29, 1.82) is 0 Å². The summed E-state index contributed by atoms with van der Waals surface area (Å²) < 4.78 is 5.46. The summed E-state index contributed by atoms with van der Waals surface area (Å²) in [5, 5.41) is 11.9. The molecule has 0 saturated carbocycles. The van der Waals surface area contributed by atoms with Crippen molar-refractivity contribution >= 4 is 11.9 Å². The zero-order chi connectivity index (χ0) is 13.8. The molecule has 0 aromatic heterocycles. The van der Waals surface area contributed by atoms with Gasteiger partial charge in [-0.05, 0) is 26.2 Å². The zero-order valence-electron chi connectivity index (χ0n) is 11.4. The number of amides is 1. The summed E-state index contributed by atoms with van der Waals surface area (Å²) in [7, 11) is 0. The first kappa shape index (κ1) is 15.0. The van der Waals surface area contributed by atoms with E-state index < -0.39 is 11.5 Å². The maximum absolute atomic E-state index is 12.2. The summed E-state index contributed by atoms with van der Waals surface area (Å²) in [5.41, 5.74) is -1.17. The van der Waals surface area contributed by atoms with Gasteiger partial charge in [0.15, 0.2) is 0 Å². The molecule has 1 rings (SSSR count). The fraction of sp³-hybridized carbons (Fsp3) is 0.846. The van der Waals surface area contributed by atoms with E-state index >= 15 is 0 Å². The fourth-order valence-corrected chi connectivity index (χ4v) is 2.44. The number of nitrogens with one attached hydrogen (secondary N) is 1. The summed E-state index contributed by atoms with van der Waals surface area (Å²) >= 11 is 0. The molecule has 1 aliphatic heterocycles. The number of rotatable bonds is 6. The minimum Gasteiger partial charge on any atom is -0.480 e. The fourth-order valence-electron chi connectivity index (χ4n) is 2.44. The molecule has 0 aliphatic carbocycles. The number of hydrogen-bond donors (Lipinski definition) is 2. The summed E-state index contributed by atoms with van der Waals surface area (Å²) in [4.78, 5) is 23.4. The van der Waals surface area contributed by atoms with E-state index in [1.54, 1.807) is 6.92 Å². The van der Waals surface area contributed by atoms with Crippen LogP contribution in [0.3, 0.4) is 0 Å². The molecule has 0 bridgehead atoms. The number of hydrogen-bond acceptors (Lipinski definition) is 3. The number of carbonyl (C=O) groups excluding carboxylic acids is 1. The standard InChI is InChI=1S/C13H23NO4/c1-4-7-13(3,12(16)17)14-11(15)9-6-8-18-10(9)5-2/h9-10H,4-8H2,1-3H3,(H,14,15)(H,16,17). The molecule has 0 radical (unpaired) electrons. The van der Waals surface area contributed by atoms with Crippen molar-refractivity contribution in [3.8, 4) is 0 Å². The van der Waals surface area contributed by atoms with Gasteiger partial charge in [-0.25, -0.2) is 4.79 Å². The van der Waals surface area contributed by atoms with Crippen LogP contribution in [0.25, 0.3) is 0 Å². The highest BCUT2D eigenvalue weighted by Gasteiger charge is 2.39. The molecule has 2 N–H and O–H groups in total. The molecule has 5 heteroatoms. The molecule has 1 amide bonds. The molecule has 0 spiro atoms. The van der Waals surface area contributed by atoms with Gasteiger partial charge in [-0.15, -0.1) is 0 Å². The van der Waals surface area contributed by atoms with E-state index in [9.17, 15) is 14.7 Å². The van der Waals surface area contributed by atoms with Crippen LogP contribution in [-0.4, -0.2) is 35.2 Å². The second kappa shape index (κ2) is 6.18. The van der Waals surface area contributed by atoms with Crippen molar-refractivity contribution in [2.45, 2.75) is 58.1 Å². The van der Waals surface area contributed by atoms with E-state index in [2.05, 4.69) is 5.32 Å². The van der Waals surface area contributed by atoms with Gasteiger partial charge in [-0.3, -0.25) is 4.79 Å². The number of carboxylic acid groups (broad SMARTS) is 1. The van der Waals surface area contributed by atoms with Crippen molar-refractivity contribution in [3.63, 3.8) is 0 Å². The molecule has 3 unspecified atom stereocenters. The van der Waals surface area contributed by atoms with Crippen LogP contribution in [0, 0.1) is 5.92 Å². The van der Waals surface area contributed by atoms with Gasteiger partial charge < -0.3 is 15.2 Å². The Kier molecular flexibility index (Phi) is 5.14. The van der Waals surface area contributed by atoms with Crippen LogP contribution >= 0.6 is 0 Å². The third-order valence-corrected chi connectivity index (χ3v) is 3.57. The number of aliphatic carboxylic acids is 1.